The first-order valence-electron chi connectivity index (χ1n) is 8.58. The maximum atomic E-state index is 12.8. The van der Waals surface area contributed by atoms with Crippen LogP contribution < -0.4 is 4.72 Å². The van der Waals surface area contributed by atoms with Crippen LogP contribution in [0.5, 0.6) is 0 Å². The van der Waals surface area contributed by atoms with Gasteiger partial charge in [0.05, 0.1) is 17.1 Å². The molecule has 1 N–H and O–H groups in total. The lowest BCUT2D eigenvalue weighted by Gasteiger charge is -2.35. The number of sulfonamides is 1. The molecule has 6 nitrogen and oxygen atoms in total. The van der Waals surface area contributed by atoms with Crippen molar-refractivity contribution in [1.29, 1.82) is 0 Å². The second-order valence-corrected chi connectivity index (χ2v) is 9.21. The van der Waals surface area contributed by atoms with E-state index in [0.29, 0.717) is 24.3 Å². The Balaban J connectivity index is 1.79. The van der Waals surface area contributed by atoms with E-state index in [-0.39, 0.29) is 23.0 Å². The van der Waals surface area contributed by atoms with Crippen LogP contribution in [-0.2, 0) is 14.8 Å². The van der Waals surface area contributed by atoms with Crippen molar-refractivity contribution >= 4 is 37.5 Å². The third-order valence-electron chi connectivity index (χ3n) is 4.19. The molecule has 8 heteroatoms. The summed E-state index contributed by atoms with van der Waals surface area (Å²) in [5.41, 5.74) is 0.783. The number of ether oxygens (including phenoxy) is 1. The molecule has 0 spiro atoms. The van der Waals surface area contributed by atoms with E-state index in [1.165, 1.54) is 12.1 Å². The Labute approximate surface area is 167 Å². The Kier molecular flexibility index (Phi) is 5.88. The zero-order chi connectivity index (χ0) is 19.6. The molecule has 3 rings (SSSR count). The molecule has 0 aromatic heterocycles. The molecule has 2 aromatic carbocycles. The summed E-state index contributed by atoms with van der Waals surface area (Å²) in [4.78, 5) is 14.7. The first-order chi connectivity index (χ1) is 12.7. The number of amides is 1. The SMILES string of the molecule is C[C@@H]1CN(C(=O)c2cccc(NS(=O)(=O)c3ccc(Br)cc3)c2)C[C@H](C)O1. The molecule has 0 saturated carbocycles. The van der Waals surface area contributed by atoms with E-state index in [4.69, 9.17) is 4.74 Å². The zero-order valence-corrected chi connectivity index (χ0v) is 17.5. The normalized spacial score (nSPS) is 20.3. The Morgan fingerprint density at radius 1 is 1.11 bits per heavy atom. The van der Waals surface area contributed by atoms with Gasteiger partial charge in [-0.1, -0.05) is 22.0 Å². The van der Waals surface area contributed by atoms with Gasteiger partial charge in [-0.25, -0.2) is 8.42 Å². The van der Waals surface area contributed by atoms with Crippen LogP contribution >= 0.6 is 15.9 Å². The topological polar surface area (TPSA) is 75.7 Å². The minimum absolute atomic E-state index is 0.0307. The lowest BCUT2D eigenvalue weighted by molar-refractivity contribution is -0.0586. The Morgan fingerprint density at radius 3 is 2.37 bits per heavy atom. The summed E-state index contributed by atoms with van der Waals surface area (Å²) in [6.45, 7) is 4.88. The molecular weight excluding hydrogens is 432 g/mol. The van der Waals surface area contributed by atoms with Gasteiger partial charge in [0.2, 0.25) is 0 Å². The number of anilines is 1. The summed E-state index contributed by atoms with van der Waals surface area (Å²) in [5.74, 6) is -0.137. The fraction of sp³-hybridized carbons (Fsp3) is 0.316. The minimum atomic E-state index is -3.73. The Morgan fingerprint density at radius 2 is 1.74 bits per heavy atom. The molecule has 0 radical (unpaired) electrons. The van der Waals surface area contributed by atoms with Gasteiger partial charge in [0.25, 0.3) is 15.9 Å². The third-order valence-corrected chi connectivity index (χ3v) is 6.12. The summed E-state index contributed by atoms with van der Waals surface area (Å²) < 4.78 is 34.1. The van der Waals surface area contributed by atoms with Crippen LogP contribution in [0.2, 0.25) is 0 Å². The van der Waals surface area contributed by atoms with Gasteiger partial charge in [0.15, 0.2) is 0 Å². The summed E-state index contributed by atoms with van der Waals surface area (Å²) in [5, 5.41) is 0. The number of benzene rings is 2. The summed E-state index contributed by atoms with van der Waals surface area (Å²) in [6, 6.07) is 12.9. The van der Waals surface area contributed by atoms with E-state index in [1.807, 2.05) is 13.8 Å². The van der Waals surface area contributed by atoms with Crippen LogP contribution in [0, 0.1) is 0 Å². The van der Waals surface area contributed by atoms with Gasteiger partial charge >= 0.3 is 0 Å². The summed E-state index contributed by atoms with van der Waals surface area (Å²) >= 11 is 3.28. The van der Waals surface area contributed by atoms with Crippen molar-refractivity contribution in [2.75, 3.05) is 17.8 Å². The molecule has 1 saturated heterocycles. The molecule has 1 amide bonds. The number of nitrogens with one attached hydrogen (secondary N) is 1. The molecule has 1 fully saturated rings. The molecule has 2 atom stereocenters. The fourth-order valence-electron chi connectivity index (χ4n) is 3.07. The molecule has 144 valence electrons. The van der Waals surface area contributed by atoms with Crippen LogP contribution in [0.4, 0.5) is 5.69 Å². The number of halogens is 1. The average Bonchev–Trinajstić information content (AvgIpc) is 2.60. The van der Waals surface area contributed by atoms with Gasteiger partial charge < -0.3 is 9.64 Å². The average molecular weight is 453 g/mol. The predicted octanol–water partition coefficient (Wildman–Crippen LogP) is 3.50. The number of morpholine rings is 1. The highest BCUT2D eigenvalue weighted by molar-refractivity contribution is 9.10. The van der Waals surface area contributed by atoms with Crippen molar-refractivity contribution in [3.05, 3.63) is 58.6 Å². The van der Waals surface area contributed by atoms with E-state index in [2.05, 4.69) is 20.7 Å². The molecule has 1 aliphatic rings. The first-order valence-corrected chi connectivity index (χ1v) is 10.9. The van der Waals surface area contributed by atoms with Crippen molar-refractivity contribution in [3.63, 3.8) is 0 Å². The van der Waals surface area contributed by atoms with Crippen molar-refractivity contribution in [2.24, 2.45) is 0 Å². The van der Waals surface area contributed by atoms with Crippen molar-refractivity contribution in [1.82, 2.24) is 4.90 Å². The van der Waals surface area contributed by atoms with E-state index < -0.39 is 10.0 Å². The molecular formula is C19H21BrN2O4S. The third kappa shape index (κ3) is 4.88. The fourth-order valence-corrected chi connectivity index (χ4v) is 4.38. The number of carbonyl (C=O) groups excluding carboxylic acids is 1. The molecule has 1 aliphatic heterocycles. The minimum Gasteiger partial charge on any atom is -0.372 e. The molecule has 0 unspecified atom stereocenters. The lowest BCUT2D eigenvalue weighted by Crippen LogP contribution is -2.48. The van der Waals surface area contributed by atoms with Crippen LogP contribution in [-0.4, -0.2) is 44.5 Å². The molecule has 2 aromatic rings. The van der Waals surface area contributed by atoms with Crippen LogP contribution in [0.25, 0.3) is 0 Å². The Hall–Kier alpha value is -1.90. The highest BCUT2D eigenvalue weighted by Gasteiger charge is 2.26. The predicted molar refractivity (Wildman–Crippen MR) is 107 cm³/mol. The van der Waals surface area contributed by atoms with Gasteiger partial charge in [-0.2, -0.15) is 0 Å². The van der Waals surface area contributed by atoms with Crippen molar-refractivity contribution in [2.45, 2.75) is 31.0 Å². The van der Waals surface area contributed by atoms with Gasteiger partial charge in [-0.05, 0) is 56.3 Å². The largest absolute Gasteiger partial charge is 0.372 e. The van der Waals surface area contributed by atoms with Crippen LogP contribution in [0.3, 0.4) is 0 Å². The quantitative estimate of drug-likeness (QED) is 0.769. The monoisotopic (exact) mass is 452 g/mol. The number of hydrogen-bond donors (Lipinski definition) is 1. The number of nitrogens with zero attached hydrogens (tertiary/aromatic N) is 1. The maximum Gasteiger partial charge on any atom is 0.261 e. The summed E-state index contributed by atoms with van der Waals surface area (Å²) in [7, 11) is -3.73. The second kappa shape index (κ2) is 8.00. The van der Waals surface area contributed by atoms with Gasteiger partial charge in [0, 0.05) is 28.8 Å². The zero-order valence-electron chi connectivity index (χ0n) is 15.1. The van der Waals surface area contributed by atoms with Crippen molar-refractivity contribution < 1.29 is 17.9 Å². The molecule has 27 heavy (non-hydrogen) atoms. The lowest BCUT2D eigenvalue weighted by atomic mass is 10.1. The maximum absolute atomic E-state index is 12.8. The van der Waals surface area contributed by atoms with Crippen LogP contribution in [0.15, 0.2) is 57.9 Å². The van der Waals surface area contributed by atoms with Crippen molar-refractivity contribution in [3.8, 4) is 0 Å². The Bertz CT molecular complexity index is 921. The highest BCUT2D eigenvalue weighted by Crippen LogP contribution is 2.21. The van der Waals surface area contributed by atoms with E-state index in [0.717, 1.165) is 4.47 Å². The number of carbonyl (C=O) groups is 1. The standard InChI is InChI=1S/C19H21BrN2O4S/c1-13-11-22(12-14(2)26-13)19(23)15-4-3-5-17(10-15)21-27(24,25)18-8-6-16(20)7-9-18/h3-10,13-14,21H,11-12H2,1-2H3/t13-,14+. The number of hydrogen-bond acceptors (Lipinski definition) is 4. The smallest absolute Gasteiger partial charge is 0.261 e. The number of rotatable bonds is 4. The summed E-state index contributed by atoms with van der Waals surface area (Å²) in [6.07, 6.45) is -0.0615. The van der Waals surface area contributed by atoms with Gasteiger partial charge in [-0.3, -0.25) is 9.52 Å². The second-order valence-electron chi connectivity index (χ2n) is 6.61. The van der Waals surface area contributed by atoms with Gasteiger partial charge in [0.1, 0.15) is 0 Å². The molecule has 0 bridgehead atoms. The van der Waals surface area contributed by atoms with E-state index >= 15 is 0 Å². The van der Waals surface area contributed by atoms with Gasteiger partial charge in [-0.15, -0.1) is 0 Å². The molecule has 1 heterocycles. The van der Waals surface area contributed by atoms with E-state index in [1.54, 1.807) is 41.3 Å². The molecule has 0 aliphatic carbocycles. The highest BCUT2D eigenvalue weighted by atomic mass is 79.9. The van der Waals surface area contributed by atoms with E-state index in [9.17, 15) is 13.2 Å². The van der Waals surface area contributed by atoms with Crippen LogP contribution in [0.1, 0.15) is 24.2 Å². The first kappa shape index (κ1) is 19.9.